The van der Waals surface area contributed by atoms with E-state index in [0.29, 0.717) is 28.9 Å². The van der Waals surface area contributed by atoms with Crippen molar-refractivity contribution in [2.45, 2.75) is 51.7 Å². The van der Waals surface area contributed by atoms with Gasteiger partial charge < -0.3 is 14.6 Å². The van der Waals surface area contributed by atoms with Crippen LogP contribution < -0.4 is 4.74 Å². The van der Waals surface area contributed by atoms with Gasteiger partial charge in [0.2, 0.25) is 0 Å². The summed E-state index contributed by atoms with van der Waals surface area (Å²) < 4.78 is 11.2. The number of hydrogen-bond acceptors (Lipinski definition) is 5. The smallest absolute Gasteiger partial charge is 0.333 e. The molecule has 1 N–H and O–H groups in total. The van der Waals surface area contributed by atoms with Crippen LogP contribution in [0.1, 0.15) is 55.5 Å². The first-order chi connectivity index (χ1) is 14.4. The third-order valence-electron chi connectivity index (χ3n) is 4.64. The first-order valence-corrected chi connectivity index (χ1v) is 10.3. The number of unbranched alkanes of at least 4 members (excludes halogenated alkanes) is 1. The molecule has 5 heteroatoms. The van der Waals surface area contributed by atoms with Crippen molar-refractivity contribution in [3.05, 3.63) is 77.9 Å². The van der Waals surface area contributed by atoms with Crippen LogP contribution in [0.5, 0.6) is 5.75 Å². The highest BCUT2D eigenvalue weighted by atomic mass is 16.5. The molecule has 0 aliphatic carbocycles. The quantitative estimate of drug-likeness (QED) is 0.311. The highest BCUT2D eigenvalue weighted by Gasteiger charge is 2.20. The number of para-hydroxylation sites is 1. The average Bonchev–Trinajstić information content (AvgIpc) is 2.76. The van der Waals surface area contributed by atoms with Crippen molar-refractivity contribution in [3.8, 4) is 5.75 Å². The number of aliphatic hydroxyl groups is 1. The molecule has 2 aromatic carbocycles. The van der Waals surface area contributed by atoms with Crippen molar-refractivity contribution in [2.75, 3.05) is 6.61 Å². The Morgan fingerprint density at radius 2 is 1.73 bits per heavy atom. The average molecular weight is 411 g/mol. The molecule has 0 heterocycles. The molecule has 0 saturated carbocycles. The molecule has 0 aliphatic heterocycles. The van der Waals surface area contributed by atoms with Crippen LogP contribution in [0.25, 0.3) is 0 Å². The molecule has 5 nitrogen and oxygen atoms in total. The zero-order valence-electron chi connectivity index (χ0n) is 17.7. The van der Waals surface area contributed by atoms with Crippen molar-refractivity contribution in [3.63, 3.8) is 0 Å². The standard InChI is InChI=1S/C25H30O5/c1-4-5-13-21(30-25(28)18(2)3)16-20(26)17-29-23-15-10-9-14-22(23)24(27)19-11-7-6-8-12-19/h6-12,14-15,20-21,26H,2,4-5,13,16-17H2,1,3H3. The Hall–Kier alpha value is -2.92. The largest absolute Gasteiger partial charge is 0.490 e. The number of rotatable bonds is 12. The van der Waals surface area contributed by atoms with Crippen molar-refractivity contribution in [1.29, 1.82) is 0 Å². The van der Waals surface area contributed by atoms with E-state index in [1.165, 1.54) is 0 Å². The second-order valence-electron chi connectivity index (χ2n) is 7.34. The molecule has 0 bridgehead atoms. The summed E-state index contributed by atoms with van der Waals surface area (Å²) in [6.07, 6.45) is 1.51. The van der Waals surface area contributed by atoms with Gasteiger partial charge in [-0.1, -0.05) is 68.8 Å². The van der Waals surface area contributed by atoms with Crippen molar-refractivity contribution >= 4 is 11.8 Å². The Kier molecular flexibility index (Phi) is 9.29. The first kappa shape index (κ1) is 23.4. The fraction of sp³-hybridized carbons (Fsp3) is 0.360. The van der Waals surface area contributed by atoms with Crippen LogP contribution in [0.15, 0.2) is 66.7 Å². The van der Waals surface area contributed by atoms with Gasteiger partial charge in [-0.15, -0.1) is 0 Å². The summed E-state index contributed by atoms with van der Waals surface area (Å²) in [4.78, 5) is 24.6. The Labute approximate surface area is 178 Å². The number of hydrogen-bond donors (Lipinski definition) is 1. The summed E-state index contributed by atoms with van der Waals surface area (Å²) >= 11 is 0. The van der Waals surface area contributed by atoms with Gasteiger partial charge in [0.05, 0.1) is 11.7 Å². The molecule has 0 spiro atoms. The van der Waals surface area contributed by atoms with Gasteiger partial charge in [-0.05, 0) is 25.5 Å². The molecule has 2 atom stereocenters. The van der Waals surface area contributed by atoms with Crippen molar-refractivity contribution in [2.24, 2.45) is 0 Å². The number of carbonyl (C=O) groups excluding carboxylic acids is 2. The summed E-state index contributed by atoms with van der Waals surface area (Å²) in [6.45, 7) is 7.24. The second-order valence-corrected chi connectivity index (χ2v) is 7.34. The molecule has 2 rings (SSSR count). The molecule has 0 radical (unpaired) electrons. The number of benzene rings is 2. The number of ketones is 1. The van der Waals surface area contributed by atoms with Crippen LogP contribution in [0.4, 0.5) is 0 Å². The molecule has 0 saturated heterocycles. The third-order valence-corrected chi connectivity index (χ3v) is 4.64. The minimum atomic E-state index is -0.843. The summed E-state index contributed by atoms with van der Waals surface area (Å²) in [7, 11) is 0. The number of aliphatic hydroxyl groups excluding tert-OH is 1. The Balaban J connectivity index is 2.01. The minimum Gasteiger partial charge on any atom is -0.490 e. The van der Waals surface area contributed by atoms with E-state index >= 15 is 0 Å². The van der Waals surface area contributed by atoms with E-state index in [9.17, 15) is 14.7 Å². The van der Waals surface area contributed by atoms with Crippen LogP contribution in [0.3, 0.4) is 0 Å². The second kappa shape index (κ2) is 11.9. The van der Waals surface area contributed by atoms with Gasteiger partial charge in [-0.3, -0.25) is 4.79 Å². The molecular weight excluding hydrogens is 380 g/mol. The minimum absolute atomic E-state index is 0.00761. The topological polar surface area (TPSA) is 72.8 Å². The Bertz CT molecular complexity index is 844. The number of ether oxygens (including phenoxy) is 2. The zero-order chi connectivity index (χ0) is 21.9. The lowest BCUT2D eigenvalue weighted by atomic mass is 10.0. The monoisotopic (exact) mass is 410 g/mol. The molecular formula is C25H30O5. The van der Waals surface area contributed by atoms with E-state index in [1.54, 1.807) is 43.3 Å². The van der Waals surface area contributed by atoms with Crippen LogP contribution in [-0.4, -0.2) is 35.7 Å². The van der Waals surface area contributed by atoms with E-state index in [4.69, 9.17) is 9.47 Å². The van der Waals surface area contributed by atoms with Gasteiger partial charge in [0.1, 0.15) is 18.5 Å². The third kappa shape index (κ3) is 7.16. The predicted molar refractivity (Wildman–Crippen MR) is 117 cm³/mol. The highest BCUT2D eigenvalue weighted by Crippen LogP contribution is 2.22. The summed E-state index contributed by atoms with van der Waals surface area (Å²) in [5.74, 6) is -0.186. The fourth-order valence-electron chi connectivity index (χ4n) is 2.99. The van der Waals surface area contributed by atoms with Gasteiger partial charge >= 0.3 is 5.97 Å². The Morgan fingerprint density at radius 3 is 2.40 bits per heavy atom. The van der Waals surface area contributed by atoms with Crippen LogP contribution in [-0.2, 0) is 9.53 Å². The lowest BCUT2D eigenvalue weighted by Gasteiger charge is -2.21. The van der Waals surface area contributed by atoms with E-state index in [1.807, 2.05) is 18.2 Å². The first-order valence-electron chi connectivity index (χ1n) is 10.3. The maximum absolute atomic E-state index is 12.8. The van der Waals surface area contributed by atoms with Gasteiger partial charge in [-0.2, -0.15) is 0 Å². The van der Waals surface area contributed by atoms with Crippen LogP contribution in [0, 0.1) is 0 Å². The lowest BCUT2D eigenvalue weighted by Crippen LogP contribution is -2.28. The van der Waals surface area contributed by atoms with E-state index in [-0.39, 0.29) is 18.8 Å². The van der Waals surface area contributed by atoms with Gasteiger partial charge in [-0.25, -0.2) is 4.79 Å². The van der Waals surface area contributed by atoms with Gasteiger partial charge in [0, 0.05) is 17.6 Å². The maximum atomic E-state index is 12.8. The molecule has 0 aromatic heterocycles. The van der Waals surface area contributed by atoms with Gasteiger partial charge in [0.25, 0.3) is 0 Å². The van der Waals surface area contributed by atoms with E-state index in [2.05, 4.69) is 13.5 Å². The molecule has 0 aliphatic rings. The van der Waals surface area contributed by atoms with Crippen LogP contribution >= 0.6 is 0 Å². The predicted octanol–water partition coefficient (Wildman–Crippen LogP) is 4.73. The number of carbonyl (C=O) groups is 2. The molecule has 0 fully saturated rings. The molecule has 30 heavy (non-hydrogen) atoms. The SMILES string of the molecule is C=C(C)C(=O)OC(CCCC)CC(O)COc1ccccc1C(=O)c1ccccc1. The zero-order valence-corrected chi connectivity index (χ0v) is 17.7. The molecule has 0 amide bonds. The summed E-state index contributed by atoms with van der Waals surface area (Å²) in [5, 5.41) is 10.5. The van der Waals surface area contributed by atoms with E-state index < -0.39 is 18.2 Å². The molecule has 2 unspecified atom stereocenters. The van der Waals surface area contributed by atoms with E-state index in [0.717, 1.165) is 12.8 Å². The maximum Gasteiger partial charge on any atom is 0.333 e. The highest BCUT2D eigenvalue weighted by molar-refractivity contribution is 6.10. The summed E-state index contributed by atoms with van der Waals surface area (Å²) in [5.41, 5.74) is 1.34. The van der Waals surface area contributed by atoms with Crippen LogP contribution in [0.2, 0.25) is 0 Å². The van der Waals surface area contributed by atoms with Crippen molar-refractivity contribution < 1.29 is 24.2 Å². The Morgan fingerprint density at radius 1 is 1.07 bits per heavy atom. The molecule has 2 aromatic rings. The normalized spacial score (nSPS) is 12.6. The lowest BCUT2D eigenvalue weighted by molar-refractivity contribution is -0.146. The summed E-state index contributed by atoms with van der Waals surface area (Å²) in [6, 6.07) is 15.9. The fourth-order valence-corrected chi connectivity index (χ4v) is 2.99. The van der Waals surface area contributed by atoms with Gasteiger partial charge in [0.15, 0.2) is 5.78 Å². The van der Waals surface area contributed by atoms with Crippen molar-refractivity contribution in [1.82, 2.24) is 0 Å². The number of esters is 1. The molecule has 160 valence electrons.